The summed E-state index contributed by atoms with van der Waals surface area (Å²) in [5, 5.41) is 6.06. The zero-order chi connectivity index (χ0) is 26.1. The van der Waals surface area contributed by atoms with Crippen molar-refractivity contribution < 1.29 is 23.9 Å². The molecule has 0 bridgehead atoms. The van der Waals surface area contributed by atoms with Gasteiger partial charge in [-0.1, -0.05) is 38.1 Å². The summed E-state index contributed by atoms with van der Waals surface area (Å²) < 4.78 is 4.99. The molecule has 1 heterocycles. The Kier molecular flexibility index (Phi) is 9.87. The molecule has 9 nitrogen and oxygen atoms in total. The van der Waals surface area contributed by atoms with E-state index >= 15 is 0 Å². The van der Waals surface area contributed by atoms with Crippen molar-refractivity contribution in [1.82, 2.24) is 20.4 Å². The molecule has 1 fully saturated rings. The lowest BCUT2D eigenvalue weighted by Crippen LogP contribution is -2.60. The van der Waals surface area contributed by atoms with Gasteiger partial charge in [0, 0.05) is 26.7 Å². The van der Waals surface area contributed by atoms with Gasteiger partial charge in [0.25, 0.3) is 0 Å². The first kappa shape index (κ1) is 27.6. The SMILES string of the molecule is COCC(=O)N1CCCCNC(=O)C2(CCCc3ccccc32)NC(=O)CN(CCC(C)C)C(=O)C1. The summed E-state index contributed by atoms with van der Waals surface area (Å²) in [6, 6.07) is 7.76. The fourth-order valence-electron chi connectivity index (χ4n) is 4.96. The molecule has 1 aromatic carbocycles. The molecule has 1 aliphatic heterocycles. The predicted octanol–water partition coefficient (Wildman–Crippen LogP) is 1.59. The van der Waals surface area contributed by atoms with E-state index < -0.39 is 5.54 Å². The second-order valence-electron chi connectivity index (χ2n) is 10.2. The molecule has 36 heavy (non-hydrogen) atoms. The van der Waals surface area contributed by atoms with E-state index in [1.807, 2.05) is 24.3 Å². The number of methoxy groups -OCH3 is 1. The Bertz CT molecular complexity index is 950. The average molecular weight is 501 g/mol. The van der Waals surface area contributed by atoms with Gasteiger partial charge in [0.2, 0.25) is 23.6 Å². The number of rotatable bonds is 5. The van der Waals surface area contributed by atoms with Crippen LogP contribution in [0.4, 0.5) is 0 Å². The molecular weight excluding hydrogens is 460 g/mol. The molecule has 198 valence electrons. The van der Waals surface area contributed by atoms with Gasteiger partial charge in [-0.15, -0.1) is 0 Å². The fraction of sp³-hybridized carbons (Fsp3) is 0.630. The third-order valence-electron chi connectivity index (χ3n) is 6.97. The first-order valence-electron chi connectivity index (χ1n) is 13.0. The quantitative estimate of drug-likeness (QED) is 0.639. The Morgan fingerprint density at radius 1 is 1.11 bits per heavy atom. The number of nitrogens with zero attached hydrogens (tertiary/aromatic N) is 2. The molecule has 1 unspecified atom stereocenters. The molecule has 0 saturated carbocycles. The van der Waals surface area contributed by atoms with Crippen molar-refractivity contribution in [3.8, 4) is 0 Å². The minimum atomic E-state index is -1.16. The van der Waals surface area contributed by atoms with Gasteiger partial charge in [-0.05, 0) is 55.6 Å². The van der Waals surface area contributed by atoms with Crippen LogP contribution < -0.4 is 10.6 Å². The highest BCUT2D eigenvalue weighted by molar-refractivity contribution is 5.95. The molecule has 4 amide bonds. The number of benzene rings is 1. The molecule has 9 heteroatoms. The lowest BCUT2D eigenvalue weighted by molar-refractivity contribution is -0.145. The number of hydrogen-bond donors (Lipinski definition) is 2. The van der Waals surface area contributed by atoms with Gasteiger partial charge in [0.15, 0.2) is 0 Å². The second-order valence-corrected chi connectivity index (χ2v) is 10.2. The number of amides is 4. The summed E-state index contributed by atoms with van der Waals surface area (Å²) in [5.41, 5.74) is 0.717. The number of ether oxygens (including phenoxy) is 1. The molecule has 1 atom stereocenters. The Hall–Kier alpha value is -2.94. The standard InChI is InChI=1S/C27H40N4O5/c1-20(2)12-16-31-17-23(32)29-27(13-8-10-21-9-4-5-11-22(21)27)26(35)28-14-6-7-15-30(18-24(31)33)25(34)19-36-3/h4-5,9,11,20H,6-8,10,12-19H2,1-3H3,(H,28,35)(H,29,32). The molecular formula is C27H40N4O5. The summed E-state index contributed by atoms with van der Waals surface area (Å²) in [7, 11) is 1.44. The van der Waals surface area contributed by atoms with Crippen LogP contribution in [0.5, 0.6) is 0 Å². The van der Waals surface area contributed by atoms with Gasteiger partial charge < -0.3 is 25.2 Å². The van der Waals surface area contributed by atoms with Crippen LogP contribution in [0, 0.1) is 5.92 Å². The van der Waals surface area contributed by atoms with Crippen LogP contribution in [0.3, 0.4) is 0 Å². The van der Waals surface area contributed by atoms with Crippen molar-refractivity contribution in [3.05, 3.63) is 35.4 Å². The van der Waals surface area contributed by atoms with Crippen molar-refractivity contribution in [3.63, 3.8) is 0 Å². The first-order chi connectivity index (χ1) is 17.3. The minimum Gasteiger partial charge on any atom is -0.375 e. The van der Waals surface area contributed by atoms with Crippen LogP contribution >= 0.6 is 0 Å². The van der Waals surface area contributed by atoms with E-state index in [1.165, 1.54) is 16.9 Å². The van der Waals surface area contributed by atoms with Crippen LogP contribution in [-0.4, -0.2) is 79.9 Å². The van der Waals surface area contributed by atoms with Crippen LogP contribution in [0.15, 0.2) is 24.3 Å². The highest BCUT2D eigenvalue weighted by atomic mass is 16.5. The summed E-state index contributed by atoms with van der Waals surface area (Å²) in [6.07, 6.45) is 4.12. The van der Waals surface area contributed by atoms with E-state index in [0.717, 1.165) is 30.4 Å². The third kappa shape index (κ3) is 6.84. The topological polar surface area (TPSA) is 108 Å². The summed E-state index contributed by atoms with van der Waals surface area (Å²) in [5.74, 6) is -0.830. The average Bonchev–Trinajstić information content (AvgIpc) is 2.85. The molecule has 3 rings (SSSR count). The predicted molar refractivity (Wildman–Crippen MR) is 136 cm³/mol. The maximum Gasteiger partial charge on any atom is 0.250 e. The Balaban J connectivity index is 1.91. The Labute approximate surface area is 213 Å². The van der Waals surface area contributed by atoms with Crippen molar-refractivity contribution in [2.24, 2.45) is 5.92 Å². The summed E-state index contributed by atoms with van der Waals surface area (Å²) in [4.78, 5) is 55.9. The molecule has 0 radical (unpaired) electrons. The zero-order valence-corrected chi connectivity index (χ0v) is 21.8. The van der Waals surface area contributed by atoms with Crippen molar-refractivity contribution in [2.75, 3.05) is 46.4 Å². The van der Waals surface area contributed by atoms with Crippen molar-refractivity contribution in [2.45, 2.75) is 57.9 Å². The van der Waals surface area contributed by atoms with Gasteiger partial charge in [-0.2, -0.15) is 0 Å². The highest BCUT2D eigenvalue weighted by Gasteiger charge is 2.44. The van der Waals surface area contributed by atoms with Crippen LogP contribution in [-0.2, 0) is 35.9 Å². The van der Waals surface area contributed by atoms with Gasteiger partial charge in [0.1, 0.15) is 12.1 Å². The second kappa shape index (κ2) is 12.9. The molecule has 2 aliphatic rings. The van der Waals surface area contributed by atoms with Crippen molar-refractivity contribution in [1.29, 1.82) is 0 Å². The van der Waals surface area contributed by atoms with Gasteiger partial charge in [0.05, 0.1) is 13.1 Å². The van der Waals surface area contributed by atoms with Gasteiger partial charge >= 0.3 is 0 Å². The fourth-order valence-corrected chi connectivity index (χ4v) is 4.96. The number of nitrogens with one attached hydrogen (secondary N) is 2. The number of fused-ring (bicyclic) bond motifs is 2. The first-order valence-corrected chi connectivity index (χ1v) is 13.0. The summed E-state index contributed by atoms with van der Waals surface area (Å²) >= 11 is 0. The lowest BCUT2D eigenvalue weighted by atomic mass is 9.75. The van der Waals surface area contributed by atoms with Crippen LogP contribution in [0.1, 0.15) is 57.1 Å². The van der Waals surface area contributed by atoms with E-state index in [2.05, 4.69) is 24.5 Å². The normalized spacial score (nSPS) is 22.2. The number of carbonyl (C=O) groups excluding carboxylic acids is 4. The van der Waals surface area contributed by atoms with E-state index in [-0.39, 0.29) is 43.3 Å². The van der Waals surface area contributed by atoms with E-state index in [1.54, 1.807) is 0 Å². The van der Waals surface area contributed by atoms with Crippen molar-refractivity contribution >= 4 is 23.6 Å². The molecule has 1 aromatic rings. The summed E-state index contributed by atoms with van der Waals surface area (Å²) in [6.45, 7) is 4.91. The largest absolute Gasteiger partial charge is 0.375 e. The third-order valence-corrected chi connectivity index (χ3v) is 6.97. The molecule has 1 aliphatic carbocycles. The van der Waals surface area contributed by atoms with E-state index in [0.29, 0.717) is 44.8 Å². The van der Waals surface area contributed by atoms with Gasteiger partial charge in [-0.3, -0.25) is 19.2 Å². The molecule has 0 aromatic heterocycles. The number of aryl methyl sites for hydroxylation is 1. The number of carbonyl (C=O) groups is 4. The van der Waals surface area contributed by atoms with Crippen LogP contribution in [0.2, 0.25) is 0 Å². The highest BCUT2D eigenvalue weighted by Crippen LogP contribution is 2.35. The minimum absolute atomic E-state index is 0.103. The Morgan fingerprint density at radius 3 is 2.64 bits per heavy atom. The molecule has 2 N–H and O–H groups in total. The lowest BCUT2D eigenvalue weighted by Gasteiger charge is -2.39. The maximum atomic E-state index is 13.6. The molecule has 1 saturated heterocycles. The Morgan fingerprint density at radius 2 is 1.89 bits per heavy atom. The van der Waals surface area contributed by atoms with Gasteiger partial charge in [-0.25, -0.2) is 0 Å². The maximum absolute atomic E-state index is 13.6. The number of hydrogen-bond acceptors (Lipinski definition) is 5. The molecule has 1 spiro atoms. The van der Waals surface area contributed by atoms with E-state index in [4.69, 9.17) is 4.74 Å². The monoisotopic (exact) mass is 500 g/mol. The van der Waals surface area contributed by atoms with Crippen LogP contribution in [0.25, 0.3) is 0 Å². The van der Waals surface area contributed by atoms with E-state index in [9.17, 15) is 19.2 Å². The smallest absolute Gasteiger partial charge is 0.250 e. The zero-order valence-electron chi connectivity index (χ0n) is 21.8.